The molecule has 0 amide bonds. The largest absolute Gasteiger partial charge is 0.438 e. The Labute approximate surface area is 193 Å². The van der Waals surface area contributed by atoms with E-state index in [0.717, 1.165) is 41.2 Å². The first-order chi connectivity index (χ1) is 16.0. The van der Waals surface area contributed by atoms with Gasteiger partial charge in [-0.3, -0.25) is 0 Å². The van der Waals surface area contributed by atoms with Crippen molar-refractivity contribution in [2.24, 2.45) is 5.73 Å². The van der Waals surface area contributed by atoms with Crippen LogP contribution in [0, 0.1) is 25.2 Å². The minimum absolute atomic E-state index is 0.155. The lowest BCUT2D eigenvalue weighted by Gasteiger charge is -2.28. The summed E-state index contributed by atoms with van der Waals surface area (Å²) in [5.41, 5.74) is 9.56. The number of benzene rings is 2. The van der Waals surface area contributed by atoms with E-state index in [-0.39, 0.29) is 6.54 Å². The van der Waals surface area contributed by atoms with Crippen molar-refractivity contribution in [3.63, 3.8) is 0 Å². The average Bonchev–Trinajstić information content (AvgIpc) is 2.84. The zero-order valence-corrected chi connectivity index (χ0v) is 18.8. The normalized spacial score (nSPS) is 14.6. The molecule has 0 saturated carbocycles. The molecular weight excluding hydrogens is 418 g/mol. The number of nitrogens with two attached hydrogens (primary N) is 1. The number of ether oxygens (including phenoxy) is 2. The maximum atomic E-state index is 10.1. The van der Waals surface area contributed by atoms with E-state index in [1.165, 1.54) is 0 Å². The quantitative estimate of drug-likeness (QED) is 0.594. The fraction of sp³-hybridized carbons (Fsp3) is 0.320. The summed E-state index contributed by atoms with van der Waals surface area (Å²) < 4.78 is 11.7. The van der Waals surface area contributed by atoms with Crippen LogP contribution >= 0.6 is 0 Å². The Morgan fingerprint density at radius 3 is 2.58 bits per heavy atom. The monoisotopic (exact) mass is 445 g/mol. The van der Waals surface area contributed by atoms with Crippen molar-refractivity contribution in [1.82, 2.24) is 9.97 Å². The third kappa shape index (κ3) is 5.12. The van der Waals surface area contributed by atoms with E-state index in [1.807, 2.05) is 44.2 Å². The molecule has 1 atom stereocenters. The first kappa shape index (κ1) is 22.7. The Morgan fingerprint density at radius 1 is 1.12 bits per heavy atom. The highest BCUT2D eigenvalue weighted by atomic mass is 16.5. The molecule has 0 radical (unpaired) electrons. The topological polar surface area (TPSA) is 118 Å². The highest BCUT2D eigenvalue weighted by Gasteiger charge is 2.17. The van der Waals surface area contributed by atoms with E-state index in [2.05, 4.69) is 20.9 Å². The molecule has 3 N–H and O–H groups in total. The summed E-state index contributed by atoms with van der Waals surface area (Å²) in [6.07, 6.45) is -0.711. The van der Waals surface area contributed by atoms with Gasteiger partial charge in [-0.15, -0.1) is 0 Å². The Hall–Kier alpha value is -3.51. The molecule has 1 aromatic heterocycles. The molecule has 33 heavy (non-hydrogen) atoms. The van der Waals surface area contributed by atoms with Crippen molar-refractivity contribution < 1.29 is 14.6 Å². The predicted molar refractivity (Wildman–Crippen MR) is 125 cm³/mol. The van der Waals surface area contributed by atoms with Crippen molar-refractivity contribution in [2.45, 2.75) is 20.0 Å². The highest BCUT2D eigenvalue weighted by molar-refractivity contribution is 5.75. The molecule has 2 heterocycles. The van der Waals surface area contributed by atoms with Crippen molar-refractivity contribution in [3.8, 4) is 28.8 Å². The van der Waals surface area contributed by atoms with Gasteiger partial charge in [0.2, 0.25) is 5.88 Å². The number of nitriles is 1. The van der Waals surface area contributed by atoms with Crippen molar-refractivity contribution in [1.29, 1.82) is 5.26 Å². The second kappa shape index (κ2) is 9.96. The summed E-state index contributed by atoms with van der Waals surface area (Å²) in [5, 5.41) is 19.5. The maximum Gasteiger partial charge on any atom is 0.224 e. The number of nitrogens with zero attached hydrogens (tertiary/aromatic N) is 4. The van der Waals surface area contributed by atoms with Crippen LogP contribution in [0.4, 0.5) is 5.82 Å². The van der Waals surface area contributed by atoms with Gasteiger partial charge in [0, 0.05) is 31.3 Å². The second-order valence-corrected chi connectivity index (χ2v) is 7.96. The molecule has 2 aromatic carbocycles. The Bertz CT molecular complexity index is 1190. The van der Waals surface area contributed by atoms with Gasteiger partial charge in [-0.1, -0.05) is 18.2 Å². The van der Waals surface area contributed by atoms with Gasteiger partial charge in [-0.25, -0.2) is 4.98 Å². The summed E-state index contributed by atoms with van der Waals surface area (Å²) in [5.74, 6) is 2.32. The molecule has 170 valence electrons. The standard InChI is InChI=1S/C25H27N5O3/c1-16-11-19(22(31)15-27)4-6-20(16)21-5-3-18(14-26)12-23(21)33-25-13-24(28-17(2)29-25)30-7-9-32-10-8-30/h3-6,11-13,22,31H,7-10,15,27H2,1-2H3. The Morgan fingerprint density at radius 2 is 1.88 bits per heavy atom. The number of aliphatic hydroxyl groups is 1. The van der Waals surface area contributed by atoms with Crippen LogP contribution in [0.25, 0.3) is 11.1 Å². The van der Waals surface area contributed by atoms with Gasteiger partial charge in [0.25, 0.3) is 0 Å². The van der Waals surface area contributed by atoms with Crippen LogP contribution in [-0.2, 0) is 4.74 Å². The molecule has 1 fully saturated rings. The first-order valence-corrected chi connectivity index (χ1v) is 10.9. The van der Waals surface area contributed by atoms with Gasteiger partial charge in [0.05, 0.1) is 31.0 Å². The lowest BCUT2D eigenvalue weighted by atomic mass is 9.95. The van der Waals surface area contributed by atoms with Crippen LogP contribution in [0.5, 0.6) is 11.6 Å². The first-order valence-electron chi connectivity index (χ1n) is 10.9. The Balaban J connectivity index is 1.72. The van der Waals surface area contributed by atoms with Crippen molar-refractivity contribution in [2.75, 3.05) is 37.7 Å². The van der Waals surface area contributed by atoms with Gasteiger partial charge in [0.1, 0.15) is 17.4 Å². The smallest absolute Gasteiger partial charge is 0.224 e. The van der Waals surface area contributed by atoms with E-state index in [0.29, 0.717) is 36.2 Å². The number of aliphatic hydroxyl groups excluding tert-OH is 1. The molecule has 0 aliphatic carbocycles. The van der Waals surface area contributed by atoms with E-state index in [4.69, 9.17) is 15.2 Å². The lowest BCUT2D eigenvalue weighted by molar-refractivity contribution is 0.122. The van der Waals surface area contributed by atoms with Gasteiger partial charge in [-0.2, -0.15) is 10.2 Å². The number of hydrogen-bond donors (Lipinski definition) is 2. The van der Waals surface area contributed by atoms with Gasteiger partial charge in [0.15, 0.2) is 0 Å². The summed E-state index contributed by atoms with van der Waals surface area (Å²) >= 11 is 0. The van der Waals surface area contributed by atoms with Crippen molar-refractivity contribution >= 4 is 5.82 Å². The summed E-state index contributed by atoms with van der Waals surface area (Å²) in [4.78, 5) is 11.2. The number of rotatable bonds is 6. The Kier molecular flexibility index (Phi) is 6.84. The summed E-state index contributed by atoms with van der Waals surface area (Å²) in [7, 11) is 0. The molecule has 1 saturated heterocycles. The SMILES string of the molecule is Cc1nc(Oc2cc(C#N)ccc2-c2ccc(C(O)CN)cc2C)cc(N2CCOCC2)n1. The van der Waals surface area contributed by atoms with E-state index < -0.39 is 6.10 Å². The van der Waals surface area contributed by atoms with Crippen LogP contribution in [0.3, 0.4) is 0 Å². The van der Waals surface area contributed by atoms with Crippen LogP contribution in [0.2, 0.25) is 0 Å². The van der Waals surface area contributed by atoms with Gasteiger partial charge in [-0.05, 0) is 48.7 Å². The molecule has 3 aromatic rings. The third-order valence-electron chi connectivity index (χ3n) is 5.61. The fourth-order valence-corrected chi connectivity index (χ4v) is 3.88. The number of hydrogen-bond acceptors (Lipinski definition) is 8. The molecule has 1 aliphatic heterocycles. The predicted octanol–water partition coefficient (Wildman–Crippen LogP) is 3.25. The minimum atomic E-state index is -0.711. The molecule has 8 nitrogen and oxygen atoms in total. The average molecular weight is 446 g/mol. The van der Waals surface area contributed by atoms with E-state index in [1.54, 1.807) is 12.1 Å². The zero-order valence-electron chi connectivity index (χ0n) is 18.8. The van der Waals surface area contributed by atoms with Crippen LogP contribution < -0.4 is 15.4 Å². The van der Waals surface area contributed by atoms with E-state index in [9.17, 15) is 10.4 Å². The van der Waals surface area contributed by atoms with Crippen LogP contribution in [0.15, 0.2) is 42.5 Å². The third-order valence-corrected chi connectivity index (χ3v) is 5.61. The number of aryl methyl sites for hydroxylation is 2. The molecule has 0 bridgehead atoms. The highest BCUT2D eigenvalue weighted by Crippen LogP contribution is 2.37. The second-order valence-electron chi connectivity index (χ2n) is 7.96. The van der Waals surface area contributed by atoms with Crippen molar-refractivity contribution in [3.05, 3.63) is 65.0 Å². The number of aromatic nitrogens is 2. The molecule has 0 spiro atoms. The minimum Gasteiger partial charge on any atom is -0.438 e. The van der Waals surface area contributed by atoms with Crippen LogP contribution in [-0.4, -0.2) is 47.9 Å². The van der Waals surface area contributed by atoms with E-state index >= 15 is 0 Å². The fourth-order valence-electron chi connectivity index (χ4n) is 3.88. The molecule has 1 aliphatic rings. The number of anilines is 1. The molecule has 8 heteroatoms. The van der Waals surface area contributed by atoms with Gasteiger partial charge >= 0.3 is 0 Å². The van der Waals surface area contributed by atoms with Crippen LogP contribution in [0.1, 0.15) is 28.6 Å². The van der Waals surface area contributed by atoms with Gasteiger partial charge < -0.3 is 25.2 Å². The summed E-state index contributed by atoms with van der Waals surface area (Å²) in [6.45, 7) is 6.77. The number of morpholine rings is 1. The molecule has 1 unspecified atom stereocenters. The summed E-state index contributed by atoms with van der Waals surface area (Å²) in [6, 6.07) is 15.0. The zero-order chi connectivity index (χ0) is 23.4. The maximum absolute atomic E-state index is 10.1. The molecular formula is C25H27N5O3. The lowest BCUT2D eigenvalue weighted by Crippen LogP contribution is -2.36. The molecule has 4 rings (SSSR count).